The van der Waals surface area contributed by atoms with Crippen molar-refractivity contribution in [3.05, 3.63) is 53.5 Å². The fraction of sp³-hybridized carbons (Fsp3) is 0.400. The van der Waals surface area contributed by atoms with Crippen molar-refractivity contribution in [2.45, 2.75) is 51.5 Å². The lowest BCUT2D eigenvalue weighted by atomic mass is 9.82. The number of anilines is 2. The van der Waals surface area contributed by atoms with Crippen molar-refractivity contribution >= 4 is 40.4 Å². The first-order valence-electron chi connectivity index (χ1n) is 13.9. The molecule has 2 aliphatic rings. The number of hydrogen-bond acceptors (Lipinski definition) is 7. The summed E-state index contributed by atoms with van der Waals surface area (Å²) in [6.07, 6.45) is 6.81. The van der Waals surface area contributed by atoms with Gasteiger partial charge in [0.05, 0.1) is 11.4 Å². The van der Waals surface area contributed by atoms with Crippen molar-refractivity contribution in [1.29, 1.82) is 0 Å². The average molecular weight is 560 g/mol. The zero-order valence-electron chi connectivity index (χ0n) is 22.5. The van der Waals surface area contributed by atoms with Crippen LogP contribution in [-0.4, -0.2) is 50.8 Å². The molecule has 1 aliphatic carbocycles. The van der Waals surface area contributed by atoms with E-state index in [-0.39, 0.29) is 22.7 Å². The van der Waals surface area contributed by atoms with Gasteiger partial charge in [-0.05, 0) is 62.1 Å². The minimum Gasteiger partial charge on any atom is -0.477 e. The summed E-state index contributed by atoms with van der Waals surface area (Å²) < 4.78 is 7.18. The molecule has 10 heteroatoms. The Labute approximate surface area is 236 Å². The van der Waals surface area contributed by atoms with Gasteiger partial charge < -0.3 is 20.5 Å². The Bertz CT molecular complexity index is 1530. The van der Waals surface area contributed by atoms with Gasteiger partial charge in [0.25, 0.3) is 0 Å². The highest BCUT2D eigenvalue weighted by Gasteiger charge is 2.36. The first-order valence-corrected chi connectivity index (χ1v) is 14.7. The highest BCUT2D eigenvalue weighted by molar-refractivity contribution is 7.18. The van der Waals surface area contributed by atoms with Gasteiger partial charge >= 0.3 is 5.97 Å². The third-order valence-corrected chi connectivity index (χ3v) is 9.34. The zero-order chi connectivity index (χ0) is 27.8. The maximum atomic E-state index is 14.0. The van der Waals surface area contributed by atoms with E-state index in [1.807, 2.05) is 41.3 Å². The van der Waals surface area contributed by atoms with Crippen LogP contribution in [0.2, 0.25) is 0 Å². The molecule has 0 bridgehead atoms. The molecule has 40 heavy (non-hydrogen) atoms. The lowest BCUT2D eigenvalue weighted by Gasteiger charge is -2.37. The summed E-state index contributed by atoms with van der Waals surface area (Å²) in [6, 6.07) is 13.2. The minimum atomic E-state index is -1.01. The number of aromatic nitrogens is 3. The van der Waals surface area contributed by atoms with Gasteiger partial charge in [-0.15, -0.1) is 11.3 Å². The number of rotatable bonds is 6. The first-order chi connectivity index (χ1) is 19.4. The average Bonchev–Trinajstić information content (AvgIpc) is 3.61. The van der Waals surface area contributed by atoms with Crippen molar-refractivity contribution in [1.82, 2.24) is 14.6 Å². The number of nitrogens with two attached hydrogens (primary N) is 1. The van der Waals surface area contributed by atoms with Crippen LogP contribution in [0.5, 0.6) is 0 Å². The molecule has 0 atom stereocenters. The standard InChI is InChI=1S/C30H33N5O4S/c1-18-2-4-21(5-3-18)29(36)34(22-11-14-39-15-12-22)24-17-25(40-28(24)30(37)38)20-8-6-19(7-9-20)23-16-27-32-13-10-26(31)35(27)33-23/h6-10,13,16-18,21-22H,2-5,11-12,14-15,31H2,1H3,(H,37,38). The number of carbonyl (C=O) groups excluding carboxylic acids is 1. The first kappa shape index (κ1) is 26.5. The molecule has 4 aromatic rings. The van der Waals surface area contributed by atoms with Crippen molar-refractivity contribution in [3.63, 3.8) is 0 Å². The Morgan fingerprint density at radius 2 is 1.73 bits per heavy atom. The quantitative estimate of drug-likeness (QED) is 0.309. The summed E-state index contributed by atoms with van der Waals surface area (Å²) in [5.74, 6) is 0.101. The van der Waals surface area contributed by atoms with Crippen molar-refractivity contribution in [3.8, 4) is 21.7 Å². The van der Waals surface area contributed by atoms with Crippen LogP contribution in [0.25, 0.3) is 27.3 Å². The maximum Gasteiger partial charge on any atom is 0.348 e. The molecule has 1 saturated heterocycles. The Morgan fingerprint density at radius 1 is 1.02 bits per heavy atom. The monoisotopic (exact) mass is 559 g/mol. The minimum absolute atomic E-state index is 0.0562. The number of nitrogen functional groups attached to an aromatic ring is 1. The van der Waals surface area contributed by atoms with Crippen molar-refractivity contribution in [2.75, 3.05) is 23.8 Å². The molecule has 1 aromatic carbocycles. The van der Waals surface area contributed by atoms with Crippen molar-refractivity contribution < 1.29 is 19.4 Å². The van der Waals surface area contributed by atoms with E-state index in [2.05, 4.69) is 17.0 Å². The highest BCUT2D eigenvalue weighted by atomic mass is 32.1. The Kier molecular flexibility index (Phi) is 7.29. The molecule has 2 fully saturated rings. The number of carbonyl (C=O) groups is 2. The van der Waals surface area contributed by atoms with Gasteiger partial charge in [-0.1, -0.05) is 31.2 Å². The van der Waals surface area contributed by atoms with Crippen LogP contribution in [0.4, 0.5) is 11.5 Å². The molecule has 208 valence electrons. The SMILES string of the molecule is CC1CCC(C(=O)N(c2cc(-c3ccc(-c4cc5nccc(N)n5n4)cc3)sc2C(=O)O)C2CCOCC2)CC1. The smallest absolute Gasteiger partial charge is 0.348 e. The van der Waals surface area contributed by atoms with Gasteiger partial charge in [-0.3, -0.25) is 4.79 Å². The van der Waals surface area contributed by atoms with Crippen LogP contribution in [0.1, 0.15) is 55.1 Å². The Balaban J connectivity index is 1.34. The maximum absolute atomic E-state index is 14.0. The molecule has 6 rings (SSSR count). The van der Waals surface area contributed by atoms with Gasteiger partial charge in [0.15, 0.2) is 5.65 Å². The van der Waals surface area contributed by atoms with E-state index in [0.717, 1.165) is 47.4 Å². The van der Waals surface area contributed by atoms with E-state index in [9.17, 15) is 14.7 Å². The molecule has 4 heterocycles. The normalized spacial score (nSPS) is 20.0. The van der Waals surface area contributed by atoms with Crippen molar-refractivity contribution in [2.24, 2.45) is 11.8 Å². The Hall–Kier alpha value is -3.76. The van der Waals surface area contributed by atoms with Gasteiger partial charge in [-0.2, -0.15) is 9.61 Å². The topological polar surface area (TPSA) is 123 Å². The second-order valence-electron chi connectivity index (χ2n) is 10.9. The third kappa shape index (κ3) is 5.09. The largest absolute Gasteiger partial charge is 0.477 e. The van der Waals surface area contributed by atoms with Crippen LogP contribution in [0.15, 0.2) is 48.7 Å². The van der Waals surface area contributed by atoms with Gasteiger partial charge in [0, 0.05) is 47.9 Å². The molecule has 1 saturated carbocycles. The van der Waals surface area contributed by atoms with E-state index in [1.165, 1.54) is 11.3 Å². The number of carboxylic acid groups (broad SMARTS) is 1. The molecule has 0 unspecified atom stereocenters. The number of benzene rings is 1. The van der Waals surface area contributed by atoms with Gasteiger partial charge in [-0.25, -0.2) is 9.78 Å². The molecular weight excluding hydrogens is 526 g/mol. The molecule has 3 aromatic heterocycles. The zero-order valence-corrected chi connectivity index (χ0v) is 23.3. The predicted octanol–water partition coefficient (Wildman–Crippen LogP) is 5.74. The predicted molar refractivity (Wildman–Crippen MR) is 156 cm³/mol. The van der Waals surface area contributed by atoms with Crippen LogP contribution in [-0.2, 0) is 9.53 Å². The summed E-state index contributed by atoms with van der Waals surface area (Å²) in [5, 5.41) is 14.8. The molecule has 3 N–H and O–H groups in total. The number of thiophene rings is 1. The van der Waals surface area contributed by atoms with Crippen LogP contribution in [0.3, 0.4) is 0 Å². The molecule has 1 aliphatic heterocycles. The fourth-order valence-electron chi connectivity index (χ4n) is 5.86. The summed E-state index contributed by atoms with van der Waals surface area (Å²) in [4.78, 5) is 33.6. The number of amides is 1. The molecular formula is C30H33N5O4S. The molecule has 0 radical (unpaired) electrons. The van der Waals surface area contributed by atoms with Crippen LogP contribution < -0.4 is 10.6 Å². The Morgan fingerprint density at radius 3 is 2.40 bits per heavy atom. The number of carboxylic acids is 1. The van der Waals surface area contributed by atoms with E-state index >= 15 is 0 Å². The van der Waals surface area contributed by atoms with Crippen LogP contribution >= 0.6 is 11.3 Å². The summed E-state index contributed by atoms with van der Waals surface area (Å²) in [5.41, 5.74) is 9.72. The number of ether oxygens (including phenoxy) is 1. The second-order valence-corrected chi connectivity index (χ2v) is 11.9. The lowest BCUT2D eigenvalue weighted by Crippen LogP contribution is -2.47. The van der Waals surface area contributed by atoms with Crippen LogP contribution in [0, 0.1) is 11.8 Å². The summed E-state index contributed by atoms with van der Waals surface area (Å²) in [6.45, 7) is 3.37. The number of fused-ring (bicyclic) bond motifs is 1. The third-order valence-electron chi connectivity index (χ3n) is 8.18. The fourth-order valence-corrected chi connectivity index (χ4v) is 6.85. The highest BCUT2D eigenvalue weighted by Crippen LogP contribution is 2.41. The lowest BCUT2D eigenvalue weighted by molar-refractivity contribution is -0.124. The van der Waals surface area contributed by atoms with Gasteiger partial charge in [0.1, 0.15) is 10.7 Å². The number of aromatic carboxylic acids is 1. The summed E-state index contributed by atoms with van der Waals surface area (Å²) in [7, 11) is 0. The van der Waals surface area contributed by atoms with E-state index in [4.69, 9.17) is 10.5 Å². The molecule has 0 spiro atoms. The van der Waals surface area contributed by atoms with Gasteiger partial charge in [0.2, 0.25) is 5.91 Å². The number of hydrogen-bond donors (Lipinski definition) is 2. The van der Waals surface area contributed by atoms with E-state index < -0.39 is 5.97 Å². The molecule has 9 nitrogen and oxygen atoms in total. The molecule has 1 amide bonds. The summed E-state index contributed by atoms with van der Waals surface area (Å²) >= 11 is 1.21. The van der Waals surface area contributed by atoms with E-state index in [1.54, 1.807) is 16.8 Å². The second kappa shape index (κ2) is 11.0. The van der Waals surface area contributed by atoms with E-state index in [0.29, 0.717) is 49.1 Å². The number of nitrogens with zero attached hydrogens (tertiary/aromatic N) is 4.